The van der Waals surface area contributed by atoms with Gasteiger partial charge in [0.2, 0.25) is 0 Å². The van der Waals surface area contributed by atoms with Crippen molar-refractivity contribution in [3.05, 3.63) is 0 Å². The van der Waals surface area contributed by atoms with Crippen LogP contribution in [0, 0.1) is 35.5 Å². The monoisotopic (exact) mass is 358 g/mol. The molecule has 0 aromatic rings. The Kier molecular flexibility index (Phi) is 3.75. The van der Waals surface area contributed by atoms with Crippen LogP contribution in [0.15, 0.2) is 0 Å². The number of unbranched alkanes of at least 4 members (excludes halogenated alkanes) is 1. The van der Waals surface area contributed by atoms with Gasteiger partial charge in [-0.05, 0) is 135 Å². The summed E-state index contributed by atoms with van der Waals surface area (Å²) in [5.74, 6) is 6.95. The molecule has 0 radical (unpaired) electrons. The van der Waals surface area contributed by atoms with E-state index in [0.29, 0.717) is 0 Å². The zero-order valence-corrected chi connectivity index (χ0v) is 17.4. The summed E-state index contributed by atoms with van der Waals surface area (Å²) in [7, 11) is 0.285. The van der Waals surface area contributed by atoms with E-state index in [1.165, 1.54) is 6.42 Å². The molecular formula is C24H39P. The molecule has 8 fully saturated rings. The van der Waals surface area contributed by atoms with Crippen LogP contribution < -0.4 is 0 Å². The topological polar surface area (TPSA) is 0 Å². The average molecular weight is 359 g/mol. The summed E-state index contributed by atoms with van der Waals surface area (Å²) in [5.41, 5.74) is 0. The van der Waals surface area contributed by atoms with E-state index in [1.54, 1.807) is 89.6 Å². The summed E-state index contributed by atoms with van der Waals surface area (Å²) in [6.07, 6.45) is 24.6. The molecule has 0 unspecified atom stereocenters. The molecule has 0 nitrogen and oxygen atoms in total. The molecule has 1 heteroatoms. The SMILES string of the molecule is CCCCP(C12CC3C[C@H](C1)C[C@@H](C3)C2)C12CC3C[C@H](C1)C[C@@H](C3)C2. The predicted molar refractivity (Wildman–Crippen MR) is 109 cm³/mol. The Morgan fingerprint density at radius 1 is 0.600 bits per heavy atom. The molecule has 0 amide bonds. The minimum absolute atomic E-state index is 0.285. The lowest BCUT2D eigenvalue weighted by Crippen LogP contribution is -2.56. The molecule has 0 N–H and O–H groups in total. The second-order valence-corrected chi connectivity index (χ2v) is 15.0. The smallest absolute Gasteiger partial charge is 0.00815 e. The maximum atomic E-state index is 2.45. The zero-order chi connectivity index (χ0) is 16.6. The lowest BCUT2D eigenvalue weighted by Gasteiger charge is -2.67. The fourth-order valence-electron chi connectivity index (χ4n) is 10.1. The zero-order valence-electron chi connectivity index (χ0n) is 16.5. The molecule has 25 heavy (non-hydrogen) atoms. The van der Waals surface area contributed by atoms with Gasteiger partial charge < -0.3 is 0 Å². The Morgan fingerprint density at radius 3 is 1.20 bits per heavy atom. The predicted octanol–water partition coefficient (Wildman–Crippen LogP) is 7.21. The number of hydrogen-bond donors (Lipinski definition) is 0. The molecule has 8 aliphatic rings. The van der Waals surface area contributed by atoms with E-state index in [1.807, 2.05) is 0 Å². The van der Waals surface area contributed by atoms with E-state index < -0.39 is 0 Å². The summed E-state index contributed by atoms with van der Waals surface area (Å²) in [6, 6.07) is 0. The molecule has 0 aromatic carbocycles. The fraction of sp³-hybridized carbons (Fsp3) is 1.00. The first-order valence-corrected chi connectivity index (χ1v) is 13.5. The Bertz CT molecular complexity index is 420. The minimum Gasteiger partial charge on any atom is -0.0939 e. The van der Waals surface area contributed by atoms with Crippen molar-refractivity contribution in [2.24, 2.45) is 35.5 Å². The van der Waals surface area contributed by atoms with Gasteiger partial charge in [-0.2, -0.15) is 0 Å². The summed E-state index contributed by atoms with van der Waals surface area (Å²) in [4.78, 5) is 0. The van der Waals surface area contributed by atoms with Gasteiger partial charge in [0, 0.05) is 0 Å². The van der Waals surface area contributed by atoms with E-state index in [4.69, 9.17) is 0 Å². The van der Waals surface area contributed by atoms with Gasteiger partial charge in [0.05, 0.1) is 0 Å². The molecule has 0 heterocycles. The maximum Gasteiger partial charge on any atom is -0.00815 e. The van der Waals surface area contributed by atoms with E-state index >= 15 is 0 Å². The standard InChI is InChI=1S/C24H39P/c1-2-3-4-25(23-11-17-5-18(12-23)7-19(6-17)13-23)24-14-20-8-21(15-24)10-22(9-20)16-24/h17-22H,2-16H2,1H3/t17-,18+,19?,20-,21+,22?,23?,24?,25?. The van der Waals surface area contributed by atoms with Gasteiger partial charge in [-0.15, -0.1) is 0 Å². The van der Waals surface area contributed by atoms with Crippen LogP contribution in [-0.4, -0.2) is 16.5 Å². The van der Waals surface area contributed by atoms with Gasteiger partial charge in [0.15, 0.2) is 0 Å². The van der Waals surface area contributed by atoms with Crippen LogP contribution in [0.25, 0.3) is 0 Å². The van der Waals surface area contributed by atoms with Crippen molar-refractivity contribution in [2.75, 3.05) is 6.16 Å². The van der Waals surface area contributed by atoms with Crippen molar-refractivity contribution in [1.29, 1.82) is 0 Å². The van der Waals surface area contributed by atoms with E-state index in [9.17, 15) is 0 Å². The highest BCUT2D eigenvalue weighted by Crippen LogP contribution is 2.78. The number of rotatable bonds is 5. The van der Waals surface area contributed by atoms with Crippen LogP contribution in [0.5, 0.6) is 0 Å². The molecule has 8 aliphatic carbocycles. The Labute approximate surface area is 157 Å². The summed E-state index contributed by atoms with van der Waals surface area (Å²) in [5, 5.41) is 1.76. The largest absolute Gasteiger partial charge is 0.0939 e. The highest BCUT2D eigenvalue weighted by atomic mass is 31.1. The first-order valence-electron chi connectivity index (χ1n) is 11.9. The Hall–Kier alpha value is 0.430. The van der Waals surface area contributed by atoms with E-state index in [2.05, 4.69) is 6.92 Å². The van der Waals surface area contributed by atoms with Gasteiger partial charge in [-0.3, -0.25) is 0 Å². The molecule has 0 atom stereocenters. The molecular weight excluding hydrogens is 319 g/mol. The van der Waals surface area contributed by atoms with Crippen molar-refractivity contribution < 1.29 is 0 Å². The second-order valence-electron chi connectivity index (χ2n) is 11.8. The minimum atomic E-state index is 0.285. The van der Waals surface area contributed by atoms with Crippen molar-refractivity contribution in [3.63, 3.8) is 0 Å². The molecule has 0 aliphatic heterocycles. The maximum absolute atomic E-state index is 2.45. The molecule has 140 valence electrons. The van der Waals surface area contributed by atoms with E-state index in [0.717, 1.165) is 45.8 Å². The second kappa shape index (κ2) is 5.72. The van der Waals surface area contributed by atoms with E-state index in [-0.39, 0.29) is 7.92 Å². The van der Waals surface area contributed by atoms with Crippen LogP contribution >= 0.6 is 7.92 Å². The van der Waals surface area contributed by atoms with Gasteiger partial charge in [-0.1, -0.05) is 21.3 Å². The highest BCUT2D eigenvalue weighted by molar-refractivity contribution is 7.61. The molecule has 0 saturated heterocycles. The normalized spacial score (nSPS) is 56.5. The fourth-order valence-corrected chi connectivity index (χ4v) is 15.5. The summed E-state index contributed by atoms with van der Waals surface area (Å²) in [6.45, 7) is 2.45. The van der Waals surface area contributed by atoms with Gasteiger partial charge in [0.25, 0.3) is 0 Å². The third kappa shape index (κ3) is 2.48. The quantitative estimate of drug-likeness (QED) is 0.456. The summed E-state index contributed by atoms with van der Waals surface area (Å²) < 4.78 is 0. The molecule has 8 bridgehead atoms. The van der Waals surface area contributed by atoms with Crippen LogP contribution in [0.1, 0.15) is 96.8 Å². The van der Waals surface area contributed by atoms with Crippen molar-refractivity contribution in [2.45, 2.75) is 107 Å². The van der Waals surface area contributed by atoms with Gasteiger partial charge in [-0.25, -0.2) is 0 Å². The van der Waals surface area contributed by atoms with Crippen molar-refractivity contribution >= 4 is 7.92 Å². The third-order valence-electron chi connectivity index (χ3n) is 9.89. The molecule has 0 aromatic heterocycles. The molecule has 8 rings (SSSR count). The average Bonchev–Trinajstić information content (AvgIpc) is 2.52. The lowest BCUT2D eigenvalue weighted by molar-refractivity contribution is 0.0185. The van der Waals surface area contributed by atoms with Crippen LogP contribution in [0.2, 0.25) is 0 Å². The van der Waals surface area contributed by atoms with Gasteiger partial charge >= 0.3 is 0 Å². The van der Waals surface area contributed by atoms with Gasteiger partial charge in [0.1, 0.15) is 0 Å². The third-order valence-corrected chi connectivity index (χ3v) is 14.0. The van der Waals surface area contributed by atoms with Crippen molar-refractivity contribution in [1.82, 2.24) is 0 Å². The number of hydrogen-bond acceptors (Lipinski definition) is 0. The first kappa shape index (κ1) is 16.4. The highest BCUT2D eigenvalue weighted by Gasteiger charge is 2.62. The Balaban J connectivity index is 1.37. The van der Waals surface area contributed by atoms with Crippen LogP contribution in [0.3, 0.4) is 0 Å². The van der Waals surface area contributed by atoms with Crippen LogP contribution in [-0.2, 0) is 0 Å². The van der Waals surface area contributed by atoms with Crippen molar-refractivity contribution in [3.8, 4) is 0 Å². The molecule has 8 saturated carbocycles. The summed E-state index contributed by atoms with van der Waals surface area (Å²) >= 11 is 0. The molecule has 0 spiro atoms. The Morgan fingerprint density at radius 2 is 0.920 bits per heavy atom. The first-order chi connectivity index (χ1) is 12.2. The van der Waals surface area contributed by atoms with Crippen LogP contribution in [0.4, 0.5) is 0 Å². The lowest BCUT2D eigenvalue weighted by atomic mass is 9.55.